The lowest BCUT2D eigenvalue weighted by atomic mass is 10.1. The molecule has 1 aliphatic heterocycles. The molecule has 1 aromatic carbocycles. The topological polar surface area (TPSA) is 52.7 Å². The van der Waals surface area contributed by atoms with E-state index in [0.29, 0.717) is 12.6 Å². The molecule has 3 aromatic rings. The molecule has 25 heavy (non-hydrogen) atoms. The number of aryl methyl sites for hydroxylation is 2. The second-order valence-electron chi connectivity index (χ2n) is 6.64. The SMILES string of the molecule is Cc1cc([C@@H](O)CN2CCN(c3nc4ccccc4o3)CC2)c(C)s1. The van der Waals surface area contributed by atoms with Crippen molar-refractivity contribution in [2.45, 2.75) is 20.0 Å². The molecule has 5 nitrogen and oxygen atoms in total. The summed E-state index contributed by atoms with van der Waals surface area (Å²) in [5, 5.41) is 10.6. The minimum Gasteiger partial charge on any atom is -0.423 e. The van der Waals surface area contributed by atoms with E-state index in [4.69, 9.17) is 4.42 Å². The number of hydrogen-bond donors (Lipinski definition) is 1. The molecule has 1 N–H and O–H groups in total. The molecule has 1 saturated heterocycles. The molecule has 1 aliphatic rings. The molecule has 132 valence electrons. The van der Waals surface area contributed by atoms with E-state index in [1.807, 2.05) is 24.3 Å². The Bertz CT molecular complexity index is 832. The van der Waals surface area contributed by atoms with E-state index in [-0.39, 0.29) is 0 Å². The smallest absolute Gasteiger partial charge is 0.298 e. The van der Waals surface area contributed by atoms with Gasteiger partial charge in [0.05, 0.1) is 6.10 Å². The lowest BCUT2D eigenvalue weighted by Gasteiger charge is -2.34. The monoisotopic (exact) mass is 357 g/mol. The number of thiophene rings is 1. The number of oxazole rings is 1. The van der Waals surface area contributed by atoms with Gasteiger partial charge in [0.1, 0.15) is 5.52 Å². The fraction of sp³-hybridized carbons (Fsp3) is 0.421. The Hall–Kier alpha value is -1.89. The molecule has 0 bridgehead atoms. The van der Waals surface area contributed by atoms with Crippen LogP contribution in [-0.2, 0) is 0 Å². The number of fused-ring (bicyclic) bond motifs is 1. The first kappa shape index (κ1) is 16.6. The lowest BCUT2D eigenvalue weighted by Crippen LogP contribution is -2.47. The largest absolute Gasteiger partial charge is 0.423 e. The second kappa shape index (κ2) is 6.78. The summed E-state index contributed by atoms with van der Waals surface area (Å²) >= 11 is 1.75. The maximum atomic E-state index is 10.6. The first-order valence-corrected chi connectivity index (χ1v) is 9.49. The van der Waals surface area contributed by atoms with Crippen molar-refractivity contribution in [2.75, 3.05) is 37.6 Å². The van der Waals surface area contributed by atoms with Gasteiger partial charge in [-0.3, -0.25) is 4.90 Å². The first-order chi connectivity index (χ1) is 12.1. The van der Waals surface area contributed by atoms with Crippen LogP contribution in [0.4, 0.5) is 6.01 Å². The van der Waals surface area contributed by atoms with E-state index in [9.17, 15) is 5.11 Å². The van der Waals surface area contributed by atoms with Crippen molar-refractivity contribution in [3.8, 4) is 0 Å². The summed E-state index contributed by atoms with van der Waals surface area (Å²) in [6.45, 7) is 8.38. The van der Waals surface area contributed by atoms with Crippen LogP contribution in [0.3, 0.4) is 0 Å². The van der Waals surface area contributed by atoms with Crippen LogP contribution < -0.4 is 4.90 Å². The number of para-hydroxylation sites is 2. The summed E-state index contributed by atoms with van der Waals surface area (Å²) in [6, 6.07) is 10.7. The van der Waals surface area contributed by atoms with Crippen molar-refractivity contribution in [2.24, 2.45) is 0 Å². The summed E-state index contributed by atoms with van der Waals surface area (Å²) in [7, 11) is 0. The summed E-state index contributed by atoms with van der Waals surface area (Å²) in [6.07, 6.45) is -0.416. The maximum Gasteiger partial charge on any atom is 0.298 e. The van der Waals surface area contributed by atoms with Gasteiger partial charge in [-0.2, -0.15) is 4.98 Å². The van der Waals surface area contributed by atoms with Crippen molar-refractivity contribution in [1.82, 2.24) is 9.88 Å². The van der Waals surface area contributed by atoms with E-state index >= 15 is 0 Å². The van der Waals surface area contributed by atoms with Crippen LogP contribution in [0.1, 0.15) is 21.4 Å². The zero-order valence-electron chi connectivity index (χ0n) is 14.6. The van der Waals surface area contributed by atoms with E-state index in [1.54, 1.807) is 11.3 Å². The third kappa shape index (κ3) is 3.42. The molecule has 0 radical (unpaired) electrons. The quantitative estimate of drug-likeness (QED) is 0.776. The van der Waals surface area contributed by atoms with Gasteiger partial charge in [0.2, 0.25) is 0 Å². The van der Waals surface area contributed by atoms with Crippen molar-refractivity contribution in [1.29, 1.82) is 0 Å². The van der Waals surface area contributed by atoms with E-state index in [2.05, 4.69) is 34.7 Å². The van der Waals surface area contributed by atoms with Gasteiger partial charge in [0.25, 0.3) is 6.01 Å². The normalized spacial score (nSPS) is 17.3. The Kier molecular flexibility index (Phi) is 4.50. The minimum absolute atomic E-state index is 0.416. The highest BCUT2D eigenvalue weighted by molar-refractivity contribution is 7.12. The molecule has 3 heterocycles. The number of hydrogen-bond acceptors (Lipinski definition) is 6. The zero-order valence-corrected chi connectivity index (χ0v) is 15.4. The molecular formula is C19H23N3O2S. The van der Waals surface area contributed by atoms with Crippen molar-refractivity contribution in [3.63, 3.8) is 0 Å². The van der Waals surface area contributed by atoms with Crippen molar-refractivity contribution < 1.29 is 9.52 Å². The number of aromatic nitrogens is 1. The third-order valence-corrected chi connectivity index (χ3v) is 5.78. The van der Waals surface area contributed by atoms with Crippen molar-refractivity contribution in [3.05, 3.63) is 45.6 Å². The maximum absolute atomic E-state index is 10.6. The van der Waals surface area contributed by atoms with Crippen LogP contribution in [-0.4, -0.2) is 47.7 Å². The highest BCUT2D eigenvalue weighted by Crippen LogP contribution is 2.27. The number of aliphatic hydroxyl groups is 1. The van der Waals surface area contributed by atoms with Gasteiger partial charge in [0.15, 0.2) is 5.58 Å². The molecule has 4 rings (SSSR count). The average Bonchev–Trinajstić information content (AvgIpc) is 3.18. The molecule has 0 unspecified atom stereocenters. The Morgan fingerprint density at radius 1 is 1.20 bits per heavy atom. The van der Waals surface area contributed by atoms with Gasteiger partial charge >= 0.3 is 0 Å². The van der Waals surface area contributed by atoms with Crippen LogP contribution in [0.5, 0.6) is 0 Å². The number of nitrogens with zero attached hydrogens (tertiary/aromatic N) is 3. The fourth-order valence-electron chi connectivity index (χ4n) is 3.44. The highest BCUT2D eigenvalue weighted by Gasteiger charge is 2.23. The molecule has 0 aliphatic carbocycles. The molecule has 0 amide bonds. The molecule has 0 spiro atoms. The van der Waals surface area contributed by atoms with Gasteiger partial charge in [-0.15, -0.1) is 11.3 Å². The molecular weight excluding hydrogens is 334 g/mol. The Balaban J connectivity index is 1.37. The summed E-state index contributed by atoms with van der Waals surface area (Å²) < 4.78 is 5.86. The average molecular weight is 357 g/mol. The molecule has 6 heteroatoms. The fourth-order valence-corrected chi connectivity index (χ4v) is 4.42. The number of rotatable bonds is 4. The van der Waals surface area contributed by atoms with Crippen LogP contribution in [0.15, 0.2) is 34.7 Å². The number of β-amino-alcohol motifs (C(OH)–C–C–N with tert-alkyl or cyclic N) is 1. The van der Waals surface area contributed by atoms with E-state index in [0.717, 1.165) is 42.8 Å². The minimum atomic E-state index is -0.416. The first-order valence-electron chi connectivity index (χ1n) is 8.68. The number of anilines is 1. The Morgan fingerprint density at radius 2 is 1.96 bits per heavy atom. The third-order valence-electron chi connectivity index (χ3n) is 4.79. The molecule has 1 fully saturated rings. The van der Waals surface area contributed by atoms with Crippen LogP contribution in [0.2, 0.25) is 0 Å². The van der Waals surface area contributed by atoms with Gasteiger partial charge < -0.3 is 14.4 Å². The predicted octanol–water partition coefficient (Wildman–Crippen LogP) is 3.36. The van der Waals surface area contributed by atoms with Gasteiger partial charge in [-0.05, 0) is 37.6 Å². The predicted molar refractivity (Wildman–Crippen MR) is 101 cm³/mol. The van der Waals surface area contributed by atoms with Gasteiger partial charge in [0, 0.05) is 42.5 Å². The Morgan fingerprint density at radius 3 is 2.64 bits per heavy atom. The van der Waals surface area contributed by atoms with E-state index < -0.39 is 6.10 Å². The second-order valence-corrected chi connectivity index (χ2v) is 8.10. The number of piperazine rings is 1. The molecule has 1 atom stereocenters. The molecule has 2 aromatic heterocycles. The summed E-state index contributed by atoms with van der Waals surface area (Å²) in [5.41, 5.74) is 2.81. The molecule has 0 saturated carbocycles. The lowest BCUT2D eigenvalue weighted by molar-refractivity contribution is 0.109. The summed E-state index contributed by atoms with van der Waals surface area (Å²) in [4.78, 5) is 11.6. The highest BCUT2D eigenvalue weighted by atomic mass is 32.1. The zero-order chi connectivity index (χ0) is 17.4. The summed E-state index contributed by atoms with van der Waals surface area (Å²) in [5.74, 6) is 0. The number of benzene rings is 1. The van der Waals surface area contributed by atoms with Crippen LogP contribution in [0.25, 0.3) is 11.1 Å². The standard InChI is InChI=1S/C19H23N3O2S/c1-13-11-15(14(2)25-13)17(23)12-21-7-9-22(10-8-21)19-20-16-5-3-4-6-18(16)24-19/h3-6,11,17,23H,7-10,12H2,1-2H3/t17-/m0/s1. The van der Waals surface area contributed by atoms with Crippen LogP contribution >= 0.6 is 11.3 Å². The number of aliphatic hydroxyl groups excluding tert-OH is 1. The van der Waals surface area contributed by atoms with E-state index in [1.165, 1.54) is 9.75 Å². The van der Waals surface area contributed by atoms with Gasteiger partial charge in [-0.1, -0.05) is 12.1 Å². The van der Waals surface area contributed by atoms with Crippen LogP contribution in [0, 0.1) is 13.8 Å². The van der Waals surface area contributed by atoms with Crippen molar-refractivity contribution >= 4 is 28.5 Å². The van der Waals surface area contributed by atoms with Gasteiger partial charge in [-0.25, -0.2) is 0 Å². The Labute approximate surface area is 151 Å².